The summed E-state index contributed by atoms with van der Waals surface area (Å²) in [7, 11) is 0. The summed E-state index contributed by atoms with van der Waals surface area (Å²) >= 11 is 0. The van der Waals surface area contributed by atoms with Crippen molar-refractivity contribution >= 4 is 0 Å². The molecule has 0 amide bonds. The minimum absolute atomic E-state index is 1.10. The lowest BCUT2D eigenvalue weighted by molar-refractivity contribution is 0.685. The van der Waals surface area contributed by atoms with E-state index in [1.807, 2.05) is 0 Å². The molecule has 0 nitrogen and oxygen atoms in total. The lowest BCUT2D eigenvalue weighted by Crippen LogP contribution is -2.00. The Hall–Kier alpha value is -2.34. The molecule has 0 saturated heterocycles. The number of rotatable bonds is 0. The van der Waals surface area contributed by atoms with E-state index < -0.39 is 0 Å². The van der Waals surface area contributed by atoms with Crippen LogP contribution in [0.3, 0.4) is 0 Å². The first-order valence-electron chi connectivity index (χ1n) is 8.65. The van der Waals surface area contributed by atoms with Crippen LogP contribution >= 0.6 is 0 Å². The molecule has 5 rings (SSSR count). The maximum atomic E-state index is 2.26. The van der Waals surface area contributed by atoms with E-state index in [2.05, 4.69) is 72.8 Å². The molecule has 0 saturated carbocycles. The number of fused-ring (bicyclic) bond motifs is 4. The first-order valence-corrected chi connectivity index (χ1v) is 8.65. The van der Waals surface area contributed by atoms with Crippen molar-refractivity contribution in [2.24, 2.45) is 0 Å². The van der Waals surface area contributed by atoms with E-state index >= 15 is 0 Å². The molecule has 0 heteroatoms. The van der Waals surface area contributed by atoms with Crippen LogP contribution in [0.25, 0.3) is 11.1 Å². The summed E-state index contributed by atoms with van der Waals surface area (Å²) in [6.45, 7) is 0. The van der Waals surface area contributed by atoms with E-state index in [0.29, 0.717) is 0 Å². The number of aryl methyl sites for hydroxylation is 2. The number of hydrogen-bond donors (Lipinski definition) is 0. The van der Waals surface area contributed by atoms with Crippen LogP contribution in [-0.2, 0) is 19.3 Å². The van der Waals surface area contributed by atoms with Crippen LogP contribution in [0, 0.1) is 0 Å². The van der Waals surface area contributed by atoms with Crippen LogP contribution in [0.4, 0.5) is 0 Å². The maximum Gasteiger partial charge on any atom is -0.00135 e. The highest BCUT2D eigenvalue weighted by atomic mass is 14.2. The van der Waals surface area contributed by atoms with Gasteiger partial charge in [0.1, 0.15) is 0 Å². The molecule has 0 unspecified atom stereocenters. The Bertz CT molecular complexity index is 745. The van der Waals surface area contributed by atoms with Gasteiger partial charge >= 0.3 is 0 Å². The minimum Gasteiger partial charge on any atom is -0.0620 e. The Morgan fingerprint density at radius 1 is 0.435 bits per heavy atom. The third-order valence-corrected chi connectivity index (χ3v) is 4.97. The quantitative estimate of drug-likeness (QED) is 0.383. The Kier molecular flexibility index (Phi) is 3.98. The summed E-state index contributed by atoms with van der Waals surface area (Å²) in [6.07, 6.45) is 6.48. The average Bonchev–Trinajstić information content (AvgIpc) is 3.01. The first-order chi connectivity index (χ1) is 11.4. The molecule has 0 fully saturated rings. The van der Waals surface area contributed by atoms with E-state index in [1.54, 1.807) is 11.1 Å². The topological polar surface area (TPSA) is 0 Å². The van der Waals surface area contributed by atoms with Gasteiger partial charge in [-0.15, -0.1) is 0 Å². The van der Waals surface area contributed by atoms with Gasteiger partial charge in [-0.2, -0.15) is 0 Å². The zero-order valence-corrected chi connectivity index (χ0v) is 13.5. The molecule has 0 bridgehead atoms. The van der Waals surface area contributed by atoms with Gasteiger partial charge in [0.2, 0.25) is 0 Å². The fourth-order valence-electron chi connectivity index (χ4n) is 3.76. The van der Waals surface area contributed by atoms with Crippen molar-refractivity contribution in [1.29, 1.82) is 0 Å². The van der Waals surface area contributed by atoms with Gasteiger partial charge in [0.05, 0.1) is 0 Å². The van der Waals surface area contributed by atoms with Crippen molar-refractivity contribution in [2.75, 3.05) is 0 Å². The molecule has 0 N–H and O–H groups in total. The summed E-state index contributed by atoms with van der Waals surface area (Å²) in [5.41, 5.74) is 8.91. The SMILES string of the molecule is c1ccc2c(c1)CCCC2.c1ccc2c(c1)Cc1ccccc1-2. The van der Waals surface area contributed by atoms with Gasteiger partial charge in [0, 0.05) is 0 Å². The van der Waals surface area contributed by atoms with Crippen LogP contribution in [0.1, 0.15) is 35.1 Å². The lowest BCUT2D eigenvalue weighted by Gasteiger charge is -2.13. The van der Waals surface area contributed by atoms with Crippen molar-refractivity contribution in [3.8, 4) is 11.1 Å². The fraction of sp³-hybridized carbons (Fsp3) is 0.217. The van der Waals surface area contributed by atoms with Gasteiger partial charge in [0.15, 0.2) is 0 Å². The predicted molar refractivity (Wildman–Crippen MR) is 97.8 cm³/mol. The molecule has 3 aromatic carbocycles. The summed E-state index contributed by atoms with van der Waals surface area (Å²) in [5, 5.41) is 0. The molecular weight excluding hydrogens is 276 g/mol. The molecule has 23 heavy (non-hydrogen) atoms. The molecule has 0 spiro atoms. The standard InChI is InChI=1S/C13H10.C10H12/c1-3-7-12-10(5-1)9-11-6-2-4-8-13(11)12;1-2-6-10-8-4-3-7-9(10)5-1/h1-8H,9H2;1-2,5-6H,3-4,7-8H2. The smallest absolute Gasteiger partial charge is 0.00135 e. The van der Waals surface area contributed by atoms with E-state index in [4.69, 9.17) is 0 Å². The molecule has 0 aliphatic heterocycles. The largest absolute Gasteiger partial charge is 0.0620 e. The summed E-state index contributed by atoms with van der Waals surface area (Å²) < 4.78 is 0. The van der Waals surface area contributed by atoms with Gasteiger partial charge in [-0.3, -0.25) is 0 Å². The first kappa shape index (κ1) is 14.3. The monoisotopic (exact) mass is 298 g/mol. The lowest BCUT2D eigenvalue weighted by atomic mass is 9.92. The molecule has 0 heterocycles. The summed E-state index contributed by atoms with van der Waals surface area (Å²) in [4.78, 5) is 0. The predicted octanol–water partition coefficient (Wildman–Crippen LogP) is 5.82. The second-order valence-corrected chi connectivity index (χ2v) is 6.47. The summed E-state index contributed by atoms with van der Waals surface area (Å²) in [5.74, 6) is 0. The van der Waals surface area contributed by atoms with E-state index in [-0.39, 0.29) is 0 Å². The number of benzene rings is 3. The zero-order valence-electron chi connectivity index (χ0n) is 13.5. The minimum atomic E-state index is 1.10. The van der Waals surface area contributed by atoms with Crippen LogP contribution in [-0.4, -0.2) is 0 Å². The van der Waals surface area contributed by atoms with Crippen LogP contribution in [0.2, 0.25) is 0 Å². The molecule has 114 valence electrons. The second kappa shape index (κ2) is 6.42. The Balaban J connectivity index is 0.000000122. The summed E-state index contributed by atoms with van der Waals surface area (Å²) in [6, 6.07) is 26.1. The molecule has 2 aliphatic rings. The van der Waals surface area contributed by atoms with Crippen molar-refractivity contribution in [3.63, 3.8) is 0 Å². The molecule has 0 aromatic heterocycles. The molecular formula is C23H22. The highest BCUT2D eigenvalue weighted by molar-refractivity contribution is 5.76. The Morgan fingerprint density at radius 3 is 1.30 bits per heavy atom. The maximum absolute atomic E-state index is 2.26. The van der Waals surface area contributed by atoms with Gasteiger partial charge in [0.25, 0.3) is 0 Å². The third kappa shape index (κ3) is 2.94. The van der Waals surface area contributed by atoms with Crippen LogP contribution in [0.5, 0.6) is 0 Å². The normalized spacial score (nSPS) is 14.1. The number of hydrogen-bond acceptors (Lipinski definition) is 0. The zero-order chi connectivity index (χ0) is 15.5. The van der Waals surface area contributed by atoms with E-state index in [0.717, 1.165) is 6.42 Å². The molecule has 3 aromatic rings. The van der Waals surface area contributed by atoms with Crippen LogP contribution < -0.4 is 0 Å². The molecule has 0 radical (unpaired) electrons. The Labute approximate surface area is 138 Å². The van der Waals surface area contributed by atoms with Gasteiger partial charge in [-0.25, -0.2) is 0 Å². The second-order valence-electron chi connectivity index (χ2n) is 6.47. The van der Waals surface area contributed by atoms with Gasteiger partial charge in [-0.1, -0.05) is 72.8 Å². The fourth-order valence-corrected chi connectivity index (χ4v) is 3.76. The van der Waals surface area contributed by atoms with Crippen molar-refractivity contribution in [1.82, 2.24) is 0 Å². The van der Waals surface area contributed by atoms with E-state index in [1.165, 1.54) is 47.9 Å². The average molecular weight is 298 g/mol. The van der Waals surface area contributed by atoms with Crippen molar-refractivity contribution in [3.05, 3.63) is 95.1 Å². The van der Waals surface area contributed by atoms with Gasteiger partial charge < -0.3 is 0 Å². The van der Waals surface area contributed by atoms with Crippen LogP contribution in [0.15, 0.2) is 72.8 Å². The highest BCUT2D eigenvalue weighted by Crippen LogP contribution is 2.35. The van der Waals surface area contributed by atoms with E-state index in [9.17, 15) is 0 Å². The van der Waals surface area contributed by atoms with Crippen molar-refractivity contribution < 1.29 is 0 Å². The highest BCUT2D eigenvalue weighted by Gasteiger charge is 2.15. The molecule has 2 aliphatic carbocycles. The third-order valence-electron chi connectivity index (χ3n) is 4.97. The van der Waals surface area contributed by atoms with Crippen molar-refractivity contribution in [2.45, 2.75) is 32.1 Å². The molecule has 0 atom stereocenters. The Morgan fingerprint density at radius 2 is 0.826 bits per heavy atom. The van der Waals surface area contributed by atoms with Gasteiger partial charge in [-0.05, 0) is 65.5 Å².